The molecule has 0 N–H and O–H groups in total. The number of nitrogens with zero attached hydrogens (tertiary/aromatic N) is 4. The number of hydrogen-bond acceptors (Lipinski definition) is 5. The Labute approximate surface area is 322 Å². The fraction of sp³-hybridized carbons (Fsp3) is 0. The largest absolute Gasteiger partial charge is 0.436 e. The summed E-state index contributed by atoms with van der Waals surface area (Å²) in [6.45, 7) is 0. The standard InChI is InChI=1S/C50H32N4O2/c1-2-10-33(11-3-1)34-18-23-37(24-19-34)53(38-25-20-35(21-26-38)49-51-43-13-5-8-16-47(43)55-49)39-27-29-40(30-28-39)54-45-15-7-4-12-41(45)42-32-36(22-31-46(42)54)50-52-44-14-6-9-17-48(44)56-50/h1-32H. The fourth-order valence-electron chi connectivity index (χ4n) is 7.76. The molecular formula is C50H32N4O2. The molecular weight excluding hydrogens is 689 g/mol. The molecule has 0 bridgehead atoms. The third-order valence-corrected chi connectivity index (χ3v) is 10.5. The van der Waals surface area contributed by atoms with E-state index in [0.29, 0.717) is 11.8 Å². The molecule has 0 atom stereocenters. The fourth-order valence-corrected chi connectivity index (χ4v) is 7.76. The molecule has 0 amide bonds. The number of rotatable bonds is 7. The summed E-state index contributed by atoms with van der Waals surface area (Å²) in [4.78, 5) is 11.8. The van der Waals surface area contributed by atoms with Gasteiger partial charge in [0.05, 0.1) is 11.0 Å². The van der Waals surface area contributed by atoms with Crippen molar-refractivity contribution in [2.24, 2.45) is 0 Å². The Morgan fingerprint density at radius 3 is 1.50 bits per heavy atom. The smallest absolute Gasteiger partial charge is 0.227 e. The number of benzene rings is 8. The van der Waals surface area contributed by atoms with E-state index in [4.69, 9.17) is 18.8 Å². The summed E-state index contributed by atoms with van der Waals surface area (Å²) in [7, 11) is 0. The highest BCUT2D eigenvalue weighted by molar-refractivity contribution is 6.10. The van der Waals surface area contributed by atoms with Crippen LogP contribution in [0.15, 0.2) is 203 Å². The Bertz CT molecular complexity index is 3110. The second-order valence-electron chi connectivity index (χ2n) is 13.9. The highest BCUT2D eigenvalue weighted by Crippen LogP contribution is 2.39. The van der Waals surface area contributed by atoms with Crippen LogP contribution >= 0.6 is 0 Å². The van der Waals surface area contributed by atoms with Crippen molar-refractivity contribution in [3.05, 3.63) is 194 Å². The van der Waals surface area contributed by atoms with E-state index in [-0.39, 0.29) is 0 Å². The van der Waals surface area contributed by atoms with Crippen LogP contribution in [0.4, 0.5) is 17.1 Å². The molecule has 56 heavy (non-hydrogen) atoms. The summed E-state index contributed by atoms with van der Waals surface area (Å²) in [5.41, 5.74) is 13.9. The van der Waals surface area contributed by atoms with Crippen molar-refractivity contribution >= 4 is 61.1 Å². The zero-order valence-electron chi connectivity index (χ0n) is 30.1. The molecule has 11 aromatic rings. The molecule has 3 aromatic heterocycles. The van der Waals surface area contributed by atoms with Crippen molar-refractivity contribution < 1.29 is 8.83 Å². The molecule has 0 saturated heterocycles. The lowest BCUT2D eigenvalue weighted by atomic mass is 10.0. The normalized spacial score (nSPS) is 11.6. The van der Waals surface area contributed by atoms with Crippen LogP contribution in [0.25, 0.3) is 83.7 Å². The summed E-state index contributed by atoms with van der Waals surface area (Å²) in [6, 6.07) is 67.2. The van der Waals surface area contributed by atoms with Gasteiger partial charge in [-0.1, -0.05) is 84.9 Å². The second kappa shape index (κ2) is 13.0. The topological polar surface area (TPSA) is 60.2 Å². The molecule has 3 heterocycles. The van der Waals surface area contributed by atoms with E-state index in [0.717, 1.165) is 72.5 Å². The zero-order valence-corrected chi connectivity index (χ0v) is 30.1. The second-order valence-corrected chi connectivity index (χ2v) is 13.9. The molecule has 0 aliphatic heterocycles. The predicted molar refractivity (Wildman–Crippen MR) is 227 cm³/mol. The molecule has 0 unspecified atom stereocenters. The van der Waals surface area contributed by atoms with E-state index < -0.39 is 0 Å². The monoisotopic (exact) mass is 720 g/mol. The molecule has 264 valence electrons. The van der Waals surface area contributed by atoms with Crippen LogP contribution in [-0.2, 0) is 0 Å². The van der Waals surface area contributed by atoms with Crippen molar-refractivity contribution in [3.8, 4) is 39.7 Å². The van der Waals surface area contributed by atoms with Gasteiger partial charge in [0, 0.05) is 44.6 Å². The molecule has 0 aliphatic rings. The molecule has 6 heteroatoms. The van der Waals surface area contributed by atoms with Crippen LogP contribution in [0, 0.1) is 0 Å². The zero-order chi connectivity index (χ0) is 37.0. The van der Waals surface area contributed by atoms with Crippen LogP contribution in [0.3, 0.4) is 0 Å². The molecule has 0 radical (unpaired) electrons. The van der Waals surface area contributed by atoms with Crippen molar-refractivity contribution in [1.29, 1.82) is 0 Å². The highest BCUT2D eigenvalue weighted by atomic mass is 16.4. The van der Waals surface area contributed by atoms with Crippen molar-refractivity contribution in [2.45, 2.75) is 0 Å². The molecule has 0 fully saturated rings. The Hall–Kier alpha value is -7.70. The first-order chi connectivity index (χ1) is 27.7. The maximum absolute atomic E-state index is 6.16. The minimum atomic E-state index is 0.605. The van der Waals surface area contributed by atoms with Crippen molar-refractivity contribution in [2.75, 3.05) is 4.90 Å². The van der Waals surface area contributed by atoms with E-state index in [1.54, 1.807) is 0 Å². The first-order valence-electron chi connectivity index (χ1n) is 18.6. The quantitative estimate of drug-likeness (QED) is 0.164. The van der Waals surface area contributed by atoms with E-state index in [9.17, 15) is 0 Å². The van der Waals surface area contributed by atoms with Crippen LogP contribution in [0.5, 0.6) is 0 Å². The number of anilines is 3. The molecule has 11 rings (SSSR count). The summed E-state index contributed by atoms with van der Waals surface area (Å²) >= 11 is 0. The summed E-state index contributed by atoms with van der Waals surface area (Å²) in [6.07, 6.45) is 0. The minimum absolute atomic E-state index is 0.605. The third-order valence-electron chi connectivity index (χ3n) is 10.5. The van der Waals surface area contributed by atoms with Gasteiger partial charge in [-0.25, -0.2) is 9.97 Å². The van der Waals surface area contributed by atoms with Gasteiger partial charge in [0.15, 0.2) is 11.2 Å². The summed E-state index contributed by atoms with van der Waals surface area (Å²) in [5, 5.41) is 2.31. The van der Waals surface area contributed by atoms with Crippen LogP contribution in [0.2, 0.25) is 0 Å². The number of para-hydroxylation sites is 5. The predicted octanol–water partition coefficient (Wildman–Crippen LogP) is 13.5. The van der Waals surface area contributed by atoms with Gasteiger partial charge < -0.3 is 18.3 Å². The van der Waals surface area contributed by atoms with Gasteiger partial charge >= 0.3 is 0 Å². The number of hydrogen-bond donors (Lipinski definition) is 0. The van der Waals surface area contributed by atoms with Gasteiger partial charge in [0.25, 0.3) is 0 Å². The van der Waals surface area contributed by atoms with E-state index in [2.05, 4.69) is 149 Å². The van der Waals surface area contributed by atoms with Crippen LogP contribution in [-0.4, -0.2) is 14.5 Å². The van der Waals surface area contributed by atoms with Gasteiger partial charge in [-0.2, -0.15) is 0 Å². The minimum Gasteiger partial charge on any atom is -0.436 e. The van der Waals surface area contributed by atoms with E-state index >= 15 is 0 Å². The lowest BCUT2D eigenvalue weighted by Crippen LogP contribution is -2.10. The highest BCUT2D eigenvalue weighted by Gasteiger charge is 2.18. The lowest BCUT2D eigenvalue weighted by Gasteiger charge is -2.26. The molecule has 6 nitrogen and oxygen atoms in total. The molecule has 0 saturated carbocycles. The molecule has 0 aliphatic carbocycles. The summed E-state index contributed by atoms with van der Waals surface area (Å²) < 4.78 is 14.6. The Kier molecular flexibility index (Phi) is 7.38. The maximum atomic E-state index is 6.16. The first-order valence-corrected chi connectivity index (χ1v) is 18.6. The molecule has 8 aromatic carbocycles. The Balaban J connectivity index is 0.990. The SMILES string of the molecule is c1ccc(-c2ccc(N(c3ccc(-c4nc5ccccc5o4)cc3)c3ccc(-n4c5ccccc5c5cc(-c6nc7ccccc7o6)ccc54)cc3)cc2)cc1. The van der Waals surface area contributed by atoms with E-state index in [1.165, 1.54) is 16.5 Å². The van der Waals surface area contributed by atoms with Crippen molar-refractivity contribution in [1.82, 2.24) is 14.5 Å². The van der Waals surface area contributed by atoms with Gasteiger partial charge in [-0.3, -0.25) is 0 Å². The molecule has 0 spiro atoms. The summed E-state index contributed by atoms with van der Waals surface area (Å²) in [5.74, 6) is 1.22. The van der Waals surface area contributed by atoms with Gasteiger partial charge in [-0.05, 0) is 120 Å². The van der Waals surface area contributed by atoms with Gasteiger partial charge in [0.1, 0.15) is 11.0 Å². The first kappa shape index (κ1) is 31.8. The van der Waals surface area contributed by atoms with Crippen LogP contribution < -0.4 is 4.90 Å². The van der Waals surface area contributed by atoms with Gasteiger partial charge in [-0.15, -0.1) is 0 Å². The van der Waals surface area contributed by atoms with E-state index in [1.807, 2.05) is 54.6 Å². The lowest BCUT2D eigenvalue weighted by molar-refractivity contribution is 0.619. The van der Waals surface area contributed by atoms with Gasteiger partial charge in [0.2, 0.25) is 11.8 Å². The average Bonchev–Trinajstić information content (AvgIpc) is 3.99. The number of oxazole rings is 2. The number of aromatic nitrogens is 3. The van der Waals surface area contributed by atoms with Crippen LogP contribution in [0.1, 0.15) is 0 Å². The Morgan fingerprint density at radius 2 is 0.857 bits per heavy atom. The maximum Gasteiger partial charge on any atom is 0.227 e. The van der Waals surface area contributed by atoms with Crippen molar-refractivity contribution in [3.63, 3.8) is 0 Å². The Morgan fingerprint density at radius 1 is 0.375 bits per heavy atom. The third kappa shape index (κ3) is 5.43. The number of fused-ring (bicyclic) bond motifs is 5. The average molecular weight is 721 g/mol.